The number of hydrogen-bond acceptors (Lipinski definition) is 3. The minimum atomic E-state index is -0.515. The summed E-state index contributed by atoms with van der Waals surface area (Å²) in [6, 6.07) is 5.87. The van der Waals surface area contributed by atoms with E-state index in [0.29, 0.717) is 24.1 Å². The molecule has 3 amide bonds. The van der Waals surface area contributed by atoms with E-state index in [-0.39, 0.29) is 11.8 Å². The van der Waals surface area contributed by atoms with Crippen molar-refractivity contribution < 1.29 is 14.4 Å². The Kier molecular flexibility index (Phi) is 3.50. The third-order valence-corrected chi connectivity index (χ3v) is 3.23. The van der Waals surface area contributed by atoms with E-state index in [2.05, 4.69) is 5.32 Å². The summed E-state index contributed by atoms with van der Waals surface area (Å²) in [5, 5.41) is 2.72. The molecule has 1 aliphatic heterocycles. The molecular formula is C13H15N3O3. The Labute approximate surface area is 110 Å². The van der Waals surface area contributed by atoms with Crippen molar-refractivity contribution in [3.05, 3.63) is 29.8 Å². The molecule has 0 spiro atoms. The van der Waals surface area contributed by atoms with Gasteiger partial charge in [-0.2, -0.15) is 0 Å². The molecule has 1 aliphatic rings. The summed E-state index contributed by atoms with van der Waals surface area (Å²) in [4.78, 5) is 35.7. The fraction of sp³-hybridized carbons (Fsp3) is 0.308. The molecule has 19 heavy (non-hydrogen) atoms. The maximum atomic E-state index is 12.0. The normalized spacial score (nSPS) is 18.5. The Morgan fingerprint density at radius 3 is 2.42 bits per heavy atom. The quantitative estimate of drug-likeness (QED) is 0.822. The largest absolute Gasteiger partial charge is 0.366 e. The van der Waals surface area contributed by atoms with Gasteiger partial charge in [-0.15, -0.1) is 0 Å². The van der Waals surface area contributed by atoms with Crippen molar-refractivity contribution in [3.63, 3.8) is 0 Å². The minimum Gasteiger partial charge on any atom is -0.366 e. The molecule has 6 heteroatoms. The number of nitrogens with one attached hydrogen (secondary N) is 1. The Morgan fingerprint density at radius 1 is 1.32 bits per heavy atom. The van der Waals surface area contributed by atoms with Gasteiger partial charge in [-0.3, -0.25) is 14.4 Å². The third kappa shape index (κ3) is 2.73. The van der Waals surface area contributed by atoms with Crippen molar-refractivity contribution in [2.24, 2.45) is 5.73 Å². The lowest BCUT2D eigenvalue weighted by molar-refractivity contribution is -0.131. The summed E-state index contributed by atoms with van der Waals surface area (Å²) in [5.74, 6) is -0.761. The number of hydrogen-bond donors (Lipinski definition) is 2. The van der Waals surface area contributed by atoms with E-state index in [4.69, 9.17) is 5.73 Å². The monoisotopic (exact) mass is 261 g/mol. The van der Waals surface area contributed by atoms with E-state index >= 15 is 0 Å². The lowest BCUT2D eigenvalue weighted by Crippen LogP contribution is -2.38. The first-order chi connectivity index (χ1) is 8.99. The summed E-state index contributed by atoms with van der Waals surface area (Å²) < 4.78 is 0. The van der Waals surface area contributed by atoms with Crippen molar-refractivity contribution in [2.45, 2.75) is 18.9 Å². The van der Waals surface area contributed by atoms with Gasteiger partial charge in [-0.05, 0) is 30.7 Å². The van der Waals surface area contributed by atoms with Crippen LogP contribution in [0, 0.1) is 0 Å². The van der Waals surface area contributed by atoms with Crippen LogP contribution in [0.25, 0.3) is 0 Å². The zero-order valence-corrected chi connectivity index (χ0v) is 10.6. The summed E-state index contributed by atoms with van der Waals surface area (Å²) in [6.45, 7) is 0. The first-order valence-corrected chi connectivity index (χ1v) is 5.95. The predicted molar refractivity (Wildman–Crippen MR) is 69.4 cm³/mol. The second-order valence-corrected chi connectivity index (χ2v) is 4.49. The highest BCUT2D eigenvalue weighted by Gasteiger charge is 2.33. The van der Waals surface area contributed by atoms with Gasteiger partial charge < -0.3 is 16.0 Å². The third-order valence-electron chi connectivity index (χ3n) is 3.23. The molecule has 100 valence electrons. The van der Waals surface area contributed by atoms with Crippen LogP contribution >= 0.6 is 0 Å². The first kappa shape index (κ1) is 13.1. The Balaban J connectivity index is 2.03. The van der Waals surface area contributed by atoms with Crippen molar-refractivity contribution in [1.29, 1.82) is 0 Å². The molecule has 6 nitrogen and oxygen atoms in total. The highest BCUT2D eigenvalue weighted by Crippen LogP contribution is 2.18. The number of nitrogens with two attached hydrogens (primary N) is 1. The van der Waals surface area contributed by atoms with Crippen LogP contribution in [0.5, 0.6) is 0 Å². The van der Waals surface area contributed by atoms with Gasteiger partial charge in [0.05, 0.1) is 0 Å². The number of nitrogens with zero attached hydrogens (tertiary/aromatic N) is 1. The van der Waals surface area contributed by atoms with Crippen LogP contribution in [-0.2, 0) is 9.59 Å². The van der Waals surface area contributed by atoms with Crippen LogP contribution in [0.1, 0.15) is 23.2 Å². The Hall–Kier alpha value is -2.37. The van der Waals surface area contributed by atoms with Crippen molar-refractivity contribution in [2.75, 3.05) is 12.4 Å². The molecule has 1 aromatic carbocycles. The van der Waals surface area contributed by atoms with Crippen molar-refractivity contribution in [3.8, 4) is 0 Å². The second kappa shape index (κ2) is 5.09. The standard InChI is InChI=1S/C13H15N3O3/c1-16-10(6-7-11(16)17)13(19)15-9-4-2-8(3-5-9)12(14)18/h2-5,10H,6-7H2,1H3,(H2,14,18)(H,15,19). The summed E-state index contributed by atoms with van der Waals surface area (Å²) >= 11 is 0. The number of amides is 3. The number of rotatable bonds is 3. The van der Waals surface area contributed by atoms with Crippen LogP contribution < -0.4 is 11.1 Å². The maximum absolute atomic E-state index is 12.0. The number of likely N-dealkylation sites (tertiary alicyclic amines) is 1. The smallest absolute Gasteiger partial charge is 0.248 e. The molecule has 1 saturated heterocycles. The van der Waals surface area contributed by atoms with E-state index in [1.807, 2.05) is 0 Å². The fourth-order valence-electron chi connectivity index (χ4n) is 2.05. The molecule has 1 fully saturated rings. The predicted octanol–water partition coefficient (Wildman–Crippen LogP) is 0.345. The number of anilines is 1. The molecule has 1 aromatic rings. The van der Waals surface area contributed by atoms with E-state index in [1.165, 1.54) is 4.90 Å². The number of primary amides is 1. The summed E-state index contributed by atoms with van der Waals surface area (Å²) in [5.41, 5.74) is 6.08. The molecule has 0 radical (unpaired) electrons. The van der Waals surface area contributed by atoms with Crippen LogP contribution in [-0.4, -0.2) is 35.7 Å². The lowest BCUT2D eigenvalue weighted by Gasteiger charge is -2.19. The first-order valence-electron chi connectivity index (χ1n) is 5.95. The molecule has 0 aromatic heterocycles. The highest BCUT2D eigenvalue weighted by atomic mass is 16.2. The molecule has 0 saturated carbocycles. The van der Waals surface area contributed by atoms with Gasteiger partial charge in [0.25, 0.3) is 0 Å². The maximum Gasteiger partial charge on any atom is 0.248 e. The number of benzene rings is 1. The molecule has 0 aliphatic carbocycles. The van der Waals surface area contributed by atoms with Gasteiger partial charge in [0.2, 0.25) is 17.7 Å². The average Bonchev–Trinajstić information content (AvgIpc) is 2.70. The van der Waals surface area contributed by atoms with Gasteiger partial charge in [-0.1, -0.05) is 0 Å². The van der Waals surface area contributed by atoms with Gasteiger partial charge in [-0.25, -0.2) is 0 Å². The van der Waals surface area contributed by atoms with Gasteiger partial charge in [0, 0.05) is 24.7 Å². The number of likely N-dealkylation sites (N-methyl/N-ethyl adjacent to an activating group) is 1. The fourth-order valence-corrected chi connectivity index (χ4v) is 2.05. The van der Waals surface area contributed by atoms with Gasteiger partial charge in [0.15, 0.2) is 0 Å². The molecule has 3 N–H and O–H groups in total. The molecule has 1 atom stereocenters. The summed E-state index contributed by atoms with van der Waals surface area (Å²) in [7, 11) is 1.62. The minimum absolute atomic E-state index is 0.0239. The van der Waals surface area contributed by atoms with Crippen LogP contribution in [0.15, 0.2) is 24.3 Å². The average molecular weight is 261 g/mol. The summed E-state index contributed by atoms with van der Waals surface area (Å²) in [6.07, 6.45) is 0.926. The lowest BCUT2D eigenvalue weighted by atomic mass is 10.1. The second-order valence-electron chi connectivity index (χ2n) is 4.49. The Bertz CT molecular complexity index is 524. The van der Waals surface area contributed by atoms with Crippen molar-refractivity contribution >= 4 is 23.4 Å². The SMILES string of the molecule is CN1C(=O)CCC1C(=O)Nc1ccc(C(N)=O)cc1. The number of carbonyl (C=O) groups is 3. The Morgan fingerprint density at radius 2 is 1.95 bits per heavy atom. The van der Waals surface area contributed by atoms with Gasteiger partial charge in [0.1, 0.15) is 6.04 Å². The van der Waals surface area contributed by atoms with Crippen LogP contribution in [0.4, 0.5) is 5.69 Å². The highest BCUT2D eigenvalue weighted by molar-refractivity contribution is 5.99. The molecule has 1 heterocycles. The van der Waals surface area contributed by atoms with Crippen LogP contribution in [0.3, 0.4) is 0 Å². The van der Waals surface area contributed by atoms with Crippen LogP contribution in [0.2, 0.25) is 0 Å². The molecule has 2 rings (SSSR count). The molecule has 1 unspecified atom stereocenters. The van der Waals surface area contributed by atoms with Gasteiger partial charge >= 0.3 is 0 Å². The number of carbonyl (C=O) groups excluding carboxylic acids is 3. The van der Waals surface area contributed by atoms with Crippen molar-refractivity contribution in [1.82, 2.24) is 4.90 Å². The zero-order chi connectivity index (χ0) is 14.0. The zero-order valence-electron chi connectivity index (χ0n) is 10.6. The topological polar surface area (TPSA) is 92.5 Å². The molecule has 0 bridgehead atoms. The van der Waals surface area contributed by atoms with E-state index in [0.717, 1.165) is 0 Å². The van der Waals surface area contributed by atoms with E-state index in [9.17, 15) is 14.4 Å². The van der Waals surface area contributed by atoms with E-state index < -0.39 is 11.9 Å². The molecular weight excluding hydrogens is 246 g/mol. The van der Waals surface area contributed by atoms with E-state index in [1.54, 1.807) is 31.3 Å².